The molecule has 0 aromatic rings. The van der Waals surface area contributed by atoms with Crippen molar-refractivity contribution in [1.29, 1.82) is 0 Å². The Kier molecular flexibility index (Phi) is 8.28. The standard InChI is InChI=1S/C12H28O3Si/c1-7-10-16(13-6,14-11(4)8-2)15-12(5)9-3/h11-12H,7-10H2,1-6H3. The van der Waals surface area contributed by atoms with E-state index < -0.39 is 8.80 Å². The van der Waals surface area contributed by atoms with E-state index in [0.717, 1.165) is 25.3 Å². The second-order valence-corrected chi connectivity index (χ2v) is 7.06. The van der Waals surface area contributed by atoms with Crippen LogP contribution in [0.5, 0.6) is 0 Å². The van der Waals surface area contributed by atoms with Gasteiger partial charge in [0, 0.05) is 25.4 Å². The van der Waals surface area contributed by atoms with Crippen LogP contribution < -0.4 is 0 Å². The van der Waals surface area contributed by atoms with E-state index in [1.54, 1.807) is 7.11 Å². The van der Waals surface area contributed by atoms with Gasteiger partial charge in [0.2, 0.25) is 0 Å². The molecule has 0 aliphatic carbocycles. The number of rotatable bonds is 9. The van der Waals surface area contributed by atoms with Crippen molar-refractivity contribution in [2.24, 2.45) is 0 Å². The molecule has 0 aromatic carbocycles. The van der Waals surface area contributed by atoms with Crippen LogP contribution >= 0.6 is 0 Å². The third-order valence-electron chi connectivity index (χ3n) is 2.78. The van der Waals surface area contributed by atoms with Gasteiger partial charge in [0.1, 0.15) is 0 Å². The fourth-order valence-electron chi connectivity index (χ4n) is 1.43. The molecule has 0 heterocycles. The summed E-state index contributed by atoms with van der Waals surface area (Å²) in [4.78, 5) is 0. The highest BCUT2D eigenvalue weighted by molar-refractivity contribution is 6.60. The van der Waals surface area contributed by atoms with Crippen LogP contribution in [0.25, 0.3) is 0 Å². The molecule has 3 nitrogen and oxygen atoms in total. The normalized spacial score (nSPS) is 19.1. The molecule has 0 bridgehead atoms. The van der Waals surface area contributed by atoms with Gasteiger partial charge in [-0.15, -0.1) is 0 Å². The Morgan fingerprint density at radius 2 is 1.38 bits per heavy atom. The molecule has 0 rings (SSSR count). The molecule has 2 unspecified atom stereocenters. The Labute approximate surface area is 102 Å². The Morgan fingerprint density at radius 1 is 0.938 bits per heavy atom. The van der Waals surface area contributed by atoms with Crippen LogP contribution in [-0.4, -0.2) is 28.1 Å². The largest absolute Gasteiger partial charge is 0.501 e. The highest BCUT2D eigenvalue weighted by Crippen LogP contribution is 2.22. The Morgan fingerprint density at radius 3 is 1.62 bits per heavy atom. The zero-order valence-electron chi connectivity index (χ0n) is 11.7. The number of hydrogen-bond acceptors (Lipinski definition) is 3. The minimum Gasteiger partial charge on any atom is -0.377 e. The van der Waals surface area contributed by atoms with Crippen molar-refractivity contribution in [3.8, 4) is 0 Å². The maximum Gasteiger partial charge on any atom is 0.501 e. The molecule has 0 fully saturated rings. The van der Waals surface area contributed by atoms with Crippen molar-refractivity contribution < 1.29 is 13.3 Å². The van der Waals surface area contributed by atoms with Gasteiger partial charge < -0.3 is 13.3 Å². The van der Waals surface area contributed by atoms with E-state index in [1.807, 2.05) is 0 Å². The molecular weight excluding hydrogens is 220 g/mol. The van der Waals surface area contributed by atoms with Crippen LogP contribution in [0, 0.1) is 0 Å². The second-order valence-electron chi connectivity index (χ2n) is 4.31. The lowest BCUT2D eigenvalue weighted by Gasteiger charge is -2.32. The average molecular weight is 248 g/mol. The van der Waals surface area contributed by atoms with Gasteiger partial charge in [0.05, 0.1) is 0 Å². The summed E-state index contributed by atoms with van der Waals surface area (Å²) in [5.74, 6) is 0. The van der Waals surface area contributed by atoms with Gasteiger partial charge in [0.25, 0.3) is 0 Å². The average Bonchev–Trinajstić information content (AvgIpc) is 2.28. The quantitative estimate of drug-likeness (QED) is 0.583. The van der Waals surface area contributed by atoms with Gasteiger partial charge in [-0.25, -0.2) is 0 Å². The molecule has 0 saturated heterocycles. The minimum absolute atomic E-state index is 0.210. The maximum absolute atomic E-state index is 6.04. The molecule has 0 aromatic heterocycles. The third-order valence-corrected chi connectivity index (χ3v) is 6.04. The summed E-state index contributed by atoms with van der Waals surface area (Å²) < 4.78 is 17.7. The van der Waals surface area contributed by atoms with Crippen LogP contribution in [0.2, 0.25) is 6.04 Å². The molecule has 0 radical (unpaired) electrons. The van der Waals surface area contributed by atoms with Gasteiger partial charge in [-0.2, -0.15) is 0 Å². The molecule has 0 aliphatic rings. The summed E-state index contributed by atoms with van der Waals surface area (Å²) in [5.41, 5.74) is 0. The summed E-state index contributed by atoms with van der Waals surface area (Å²) in [5, 5.41) is 0. The zero-order chi connectivity index (χ0) is 12.6. The monoisotopic (exact) mass is 248 g/mol. The maximum atomic E-state index is 6.04. The van der Waals surface area contributed by atoms with Gasteiger partial charge in [0.15, 0.2) is 0 Å². The van der Waals surface area contributed by atoms with Crippen molar-refractivity contribution in [2.75, 3.05) is 7.11 Å². The molecule has 0 saturated carbocycles. The van der Waals surface area contributed by atoms with Crippen molar-refractivity contribution in [3.63, 3.8) is 0 Å². The summed E-state index contributed by atoms with van der Waals surface area (Å²) in [6.45, 7) is 10.5. The molecule has 0 spiro atoms. The molecule has 98 valence electrons. The van der Waals surface area contributed by atoms with E-state index >= 15 is 0 Å². The summed E-state index contributed by atoms with van der Waals surface area (Å²) in [7, 11) is -0.723. The molecular formula is C12H28O3Si. The SMILES string of the molecule is CCC[Si](OC)(OC(C)CC)OC(C)CC. The van der Waals surface area contributed by atoms with Gasteiger partial charge in [-0.3, -0.25) is 0 Å². The lowest BCUT2D eigenvalue weighted by atomic mass is 10.3. The van der Waals surface area contributed by atoms with Gasteiger partial charge in [-0.05, 0) is 26.7 Å². The first-order valence-corrected chi connectivity index (χ1v) is 8.37. The van der Waals surface area contributed by atoms with Crippen molar-refractivity contribution in [2.45, 2.75) is 72.1 Å². The molecule has 2 atom stereocenters. The first-order chi connectivity index (χ1) is 7.53. The van der Waals surface area contributed by atoms with E-state index in [1.165, 1.54) is 0 Å². The highest BCUT2D eigenvalue weighted by Gasteiger charge is 2.41. The third kappa shape index (κ3) is 5.43. The van der Waals surface area contributed by atoms with Crippen molar-refractivity contribution >= 4 is 8.80 Å². The molecule has 16 heavy (non-hydrogen) atoms. The Balaban J connectivity index is 4.55. The lowest BCUT2D eigenvalue weighted by molar-refractivity contribution is 0.0206. The predicted molar refractivity (Wildman–Crippen MR) is 69.5 cm³/mol. The Bertz CT molecular complexity index is 164. The van der Waals surface area contributed by atoms with E-state index in [2.05, 4.69) is 34.6 Å². The molecule has 0 N–H and O–H groups in total. The molecule has 0 amide bonds. The topological polar surface area (TPSA) is 27.7 Å². The summed E-state index contributed by atoms with van der Waals surface area (Å²) >= 11 is 0. The smallest absolute Gasteiger partial charge is 0.377 e. The minimum atomic E-state index is -2.44. The first kappa shape index (κ1) is 16.1. The Hall–Kier alpha value is 0.0969. The van der Waals surface area contributed by atoms with Crippen molar-refractivity contribution in [1.82, 2.24) is 0 Å². The zero-order valence-corrected chi connectivity index (χ0v) is 12.7. The summed E-state index contributed by atoms with van der Waals surface area (Å²) in [6, 6.07) is 0.901. The predicted octanol–water partition coefficient (Wildman–Crippen LogP) is 3.61. The molecule has 0 aliphatic heterocycles. The van der Waals surface area contributed by atoms with Gasteiger partial charge >= 0.3 is 8.80 Å². The van der Waals surface area contributed by atoms with Crippen LogP contribution in [0.3, 0.4) is 0 Å². The van der Waals surface area contributed by atoms with Crippen LogP contribution in [0.1, 0.15) is 53.9 Å². The summed E-state index contributed by atoms with van der Waals surface area (Å²) in [6.07, 6.45) is 3.44. The van der Waals surface area contributed by atoms with Crippen LogP contribution in [-0.2, 0) is 13.3 Å². The van der Waals surface area contributed by atoms with E-state index in [0.29, 0.717) is 0 Å². The number of hydrogen-bond donors (Lipinski definition) is 0. The van der Waals surface area contributed by atoms with Gasteiger partial charge in [-0.1, -0.05) is 27.2 Å². The second kappa shape index (κ2) is 8.23. The van der Waals surface area contributed by atoms with E-state index in [-0.39, 0.29) is 12.2 Å². The van der Waals surface area contributed by atoms with E-state index in [9.17, 15) is 0 Å². The van der Waals surface area contributed by atoms with E-state index in [4.69, 9.17) is 13.3 Å². The van der Waals surface area contributed by atoms with Crippen LogP contribution in [0.4, 0.5) is 0 Å². The first-order valence-electron chi connectivity index (χ1n) is 6.44. The molecule has 4 heteroatoms. The highest BCUT2D eigenvalue weighted by atomic mass is 28.4. The fraction of sp³-hybridized carbons (Fsp3) is 1.00. The van der Waals surface area contributed by atoms with Crippen molar-refractivity contribution in [3.05, 3.63) is 0 Å². The lowest BCUT2D eigenvalue weighted by Crippen LogP contribution is -2.48. The van der Waals surface area contributed by atoms with Crippen LogP contribution in [0.15, 0.2) is 0 Å². The fourth-order valence-corrected chi connectivity index (χ4v) is 4.29.